The highest BCUT2D eigenvalue weighted by Gasteiger charge is 2.29. The van der Waals surface area contributed by atoms with Crippen LogP contribution in [0.5, 0.6) is 0 Å². The summed E-state index contributed by atoms with van der Waals surface area (Å²) in [4.78, 5) is 11.6. The Kier molecular flexibility index (Phi) is 4.41. The first kappa shape index (κ1) is 15.2. The van der Waals surface area contributed by atoms with Crippen LogP contribution < -0.4 is 5.73 Å². The van der Waals surface area contributed by atoms with Crippen molar-refractivity contribution in [1.82, 2.24) is 0 Å². The summed E-state index contributed by atoms with van der Waals surface area (Å²) in [6.45, 7) is 0. The summed E-state index contributed by atoms with van der Waals surface area (Å²) in [5.74, 6) is -1.55. The molecular formula is C14H10Cl2N2O3. The minimum atomic E-state index is -0.690. The molecule has 0 bridgehead atoms. The molecule has 1 atom stereocenters. The Hall–Kier alpha value is -2.16. The number of carbonyl (C=O) groups excluding carboxylic acids is 1. The highest BCUT2D eigenvalue weighted by Crippen LogP contribution is 2.37. The number of esters is 1. The normalized spacial score (nSPS) is 17.6. The molecule has 0 amide bonds. The van der Waals surface area contributed by atoms with E-state index in [2.05, 4.69) is 4.74 Å². The lowest BCUT2D eigenvalue weighted by Gasteiger charge is -2.22. The zero-order chi connectivity index (χ0) is 15.6. The molecule has 0 fully saturated rings. The molecule has 2 rings (SSSR count). The molecule has 1 aromatic carbocycles. The van der Waals surface area contributed by atoms with Gasteiger partial charge >= 0.3 is 5.97 Å². The summed E-state index contributed by atoms with van der Waals surface area (Å²) in [5.41, 5.74) is 6.44. The number of ether oxygens (including phenoxy) is 2. The van der Waals surface area contributed by atoms with Crippen molar-refractivity contribution in [3.63, 3.8) is 0 Å². The highest BCUT2D eigenvalue weighted by molar-refractivity contribution is 6.35. The largest absolute Gasteiger partial charge is 0.463 e. The van der Waals surface area contributed by atoms with Gasteiger partial charge in [0.15, 0.2) is 0 Å². The molecule has 0 saturated carbocycles. The SMILES string of the molecule is COC(=O)C1=C[C@H](c2ccc(Cl)cc2Cl)C(C#N)=C(N)O1. The number of rotatable bonds is 2. The van der Waals surface area contributed by atoms with Gasteiger partial charge in [-0.25, -0.2) is 4.79 Å². The first-order valence-electron chi connectivity index (χ1n) is 5.80. The summed E-state index contributed by atoms with van der Waals surface area (Å²) in [6.07, 6.45) is 1.44. The van der Waals surface area contributed by atoms with E-state index < -0.39 is 11.9 Å². The Labute approximate surface area is 131 Å². The molecule has 0 aliphatic carbocycles. The summed E-state index contributed by atoms with van der Waals surface area (Å²) >= 11 is 12.0. The van der Waals surface area contributed by atoms with Crippen LogP contribution in [0, 0.1) is 11.3 Å². The van der Waals surface area contributed by atoms with Crippen molar-refractivity contribution in [3.8, 4) is 6.07 Å². The van der Waals surface area contributed by atoms with Crippen LogP contribution in [-0.2, 0) is 14.3 Å². The molecule has 1 heterocycles. The third-order valence-corrected chi connectivity index (χ3v) is 3.48. The monoisotopic (exact) mass is 324 g/mol. The van der Waals surface area contributed by atoms with E-state index in [9.17, 15) is 10.1 Å². The van der Waals surface area contributed by atoms with Crippen LogP contribution in [0.4, 0.5) is 0 Å². The maximum absolute atomic E-state index is 11.6. The van der Waals surface area contributed by atoms with Gasteiger partial charge in [0.2, 0.25) is 11.6 Å². The first-order chi connectivity index (χ1) is 9.97. The van der Waals surface area contributed by atoms with Gasteiger partial charge in [-0.05, 0) is 23.8 Å². The van der Waals surface area contributed by atoms with E-state index in [1.54, 1.807) is 18.2 Å². The molecule has 21 heavy (non-hydrogen) atoms. The van der Waals surface area contributed by atoms with Crippen LogP contribution in [0.25, 0.3) is 0 Å². The molecule has 2 N–H and O–H groups in total. The van der Waals surface area contributed by atoms with E-state index in [4.69, 9.17) is 33.7 Å². The van der Waals surface area contributed by atoms with Crippen LogP contribution in [0.1, 0.15) is 11.5 Å². The number of methoxy groups -OCH3 is 1. The minimum absolute atomic E-state index is 0.0926. The van der Waals surface area contributed by atoms with Crippen molar-refractivity contribution in [3.05, 3.63) is 57.1 Å². The second kappa shape index (κ2) is 6.08. The predicted molar refractivity (Wildman–Crippen MR) is 77.2 cm³/mol. The minimum Gasteiger partial charge on any atom is -0.463 e. The number of benzene rings is 1. The molecule has 5 nitrogen and oxygen atoms in total. The van der Waals surface area contributed by atoms with E-state index >= 15 is 0 Å². The van der Waals surface area contributed by atoms with Gasteiger partial charge in [0.05, 0.1) is 7.11 Å². The fourth-order valence-corrected chi connectivity index (χ4v) is 2.46. The lowest BCUT2D eigenvalue weighted by atomic mass is 9.90. The molecule has 7 heteroatoms. The van der Waals surface area contributed by atoms with Gasteiger partial charge in [0.1, 0.15) is 11.6 Å². The van der Waals surface area contributed by atoms with Crippen LogP contribution >= 0.6 is 23.2 Å². The summed E-state index contributed by atoms with van der Waals surface area (Å²) in [7, 11) is 1.22. The van der Waals surface area contributed by atoms with Crippen molar-refractivity contribution in [2.24, 2.45) is 5.73 Å². The van der Waals surface area contributed by atoms with Crippen LogP contribution in [-0.4, -0.2) is 13.1 Å². The zero-order valence-corrected chi connectivity index (χ0v) is 12.4. The molecular weight excluding hydrogens is 315 g/mol. The third-order valence-electron chi connectivity index (χ3n) is 2.92. The Morgan fingerprint density at radius 2 is 2.19 bits per heavy atom. The van der Waals surface area contributed by atoms with Gasteiger partial charge < -0.3 is 15.2 Å². The molecule has 1 aliphatic heterocycles. The van der Waals surface area contributed by atoms with Gasteiger partial charge in [0, 0.05) is 16.0 Å². The fraction of sp³-hybridized carbons (Fsp3) is 0.143. The van der Waals surface area contributed by atoms with E-state index in [1.807, 2.05) is 6.07 Å². The molecule has 1 aliphatic rings. The molecule has 1 aromatic rings. The Bertz CT molecular complexity index is 705. The number of hydrogen-bond acceptors (Lipinski definition) is 5. The summed E-state index contributed by atoms with van der Waals surface area (Å²) in [5, 5.41) is 10.1. The lowest BCUT2D eigenvalue weighted by Crippen LogP contribution is -2.21. The van der Waals surface area contributed by atoms with Crippen molar-refractivity contribution < 1.29 is 14.3 Å². The average molecular weight is 325 g/mol. The third kappa shape index (κ3) is 2.97. The van der Waals surface area contributed by atoms with Crippen LogP contribution in [0.2, 0.25) is 10.0 Å². The number of allylic oxidation sites excluding steroid dienone is 2. The Balaban J connectivity index is 2.55. The van der Waals surface area contributed by atoms with E-state index in [0.29, 0.717) is 15.6 Å². The highest BCUT2D eigenvalue weighted by atomic mass is 35.5. The van der Waals surface area contributed by atoms with E-state index in [0.717, 1.165) is 0 Å². The lowest BCUT2D eigenvalue weighted by molar-refractivity contribution is -0.139. The van der Waals surface area contributed by atoms with Crippen molar-refractivity contribution >= 4 is 29.2 Å². The fourth-order valence-electron chi connectivity index (χ4n) is 1.93. The van der Waals surface area contributed by atoms with Crippen LogP contribution in [0.3, 0.4) is 0 Å². The van der Waals surface area contributed by atoms with Crippen molar-refractivity contribution in [2.45, 2.75) is 5.92 Å². The number of nitrogens with zero attached hydrogens (tertiary/aromatic N) is 1. The molecule has 0 unspecified atom stereocenters. The van der Waals surface area contributed by atoms with Crippen molar-refractivity contribution in [1.29, 1.82) is 5.26 Å². The molecule has 0 radical (unpaired) electrons. The van der Waals surface area contributed by atoms with Gasteiger partial charge in [-0.3, -0.25) is 0 Å². The topological polar surface area (TPSA) is 85.3 Å². The molecule has 108 valence electrons. The molecule has 0 saturated heterocycles. The maximum Gasteiger partial charge on any atom is 0.373 e. The van der Waals surface area contributed by atoms with Gasteiger partial charge in [-0.1, -0.05) is 29.3 Å². The Morgan fingerprint density at radius 1 is 1.48 bits per heavy atom. The number of halogens is 2. The van der Waals surface area contributed by atoms with Crippen molar-refractivity contribution in [2.75, 3.05) is 7.11 Å². The number of hydrogen-bond donors (Lipinski definition) is 1. The Morgan fingerprint density at radius 3 is 2.76 bits per heavy atom. The van der Waals surface area contributed by atoms with E-state index in [-0.39, 0.29) is 17.2 Å². The average Bonchev–Trinajstić information content (AvgIpc) is 2.45. The standard InChI is InChI=1S/C14H10Cl2N2O3/c1-20-14(19)12-5-9(10(6-17)13(18)21-12)8-3-2-7(15)4-11(8)16/h2-5,9H,18H2,1H3/t9-/m1/s1. The summed E-state index contributed by atoms with van der Waals surface area (Å²) < 4.78 is 9.70. The zero-order valence-electron chi connectivity index (χ0n) is 10.9. The van der Waals surface area contributed by atoms with Gasteiger partial charge in [-0.15, -0.1) is 0 Å². The van der Waals surface area contributed by atoms with Gasteiger partial charge in [0.25, 0.3) is 0 Å². The smallest absolute Gasteiger partial charge is 0.373 e. The second-order valence-electron chi connectivity index (χ2n) is 4.16. The number of carbonyl (C=O) groups is 1. The first-order valence-corrected chi connectivity index (χ1v) is 6.56. The second-order valence-corrected chi connectivity index (χ2v) is 5.00. The molecule has 0 aromatic heterocycles. The predicted octanol–water partition coefficient (Wildman–Crippen LogP) is 2.86. The number of nitriles is 1. The van der Waals surface area contributed by atoms with Crippen LogP contribution in [0.15, 0.2) is 41.5 Å². The van der Waals surface area contributed by atoms with Gasteiger partial charge in [-0.2, -0.15) is 5.26 Å². The number of nitrogens with two attached hydrogens (primary N) is 1. The maximum atomic E-state index is 11.6. The quantitative estimate of drug-likeness (QED) is 0.845. The molecule has 0 spiro atoms. The van der Waals surface area contributed by atoms with E-state index in [1.165, 1.54) is 13.2 Å². The summed E-state index contributed by atoms with van der Waals surface area (Å²) in [6, 6.07) is 6.81.